The number of aliphatic hydroxyl groups excluding tert-OH is 3. The second-order valence-electron chi connectivity index (χ2n) is 25.8. The minimum absolute atomic E-state index is 0.0441. The topological polar surface area (TPSA) is 518 Å². The maximum Gasteiger partial charge on any atom is 0.326 e. The van der Waals surface area contributed by atoms with Crippen LogP contribution in [0.3, 0.4) is 0 Å². The Kier molecular flexibility index (Phi) is 32.8. The number of hydrogen-bond acceptors (Lipinski definition) is 18. The molecule has 0 saturated carbocycles. The largest absolute Gasteiger partial charge is 0.481 e. The third-order valence-corrected chi connectivity index (χ3v) is 16.1. The number of aromatic amines is 1. The van der Waals surface area contributed by atoms with Gasteiger partial charge in [-0.2, -0.15) is 0 Å². The van der Waals surface area contributed by atoms with Crippen LogP contribution in [-0.4, -0.2) is 223 Å². The molecule has 2 heterocycles. The number of carbonyl (C=O) groups excluding carboxylic acids is 12. The lowest BCUT2D eigenvalue weighted by Crippen LogP contribution is -2.63. The summed E-state index contributed by atoms with van der Waals surface area (Å²) in [5.41, 5.74) is 7.13. The molecule has 0 radical (unpaired) electrons. The van der Waals surface area contributed by atoms with Crippen molar-refractivity contribution in [3.63, 3.8) is 0 Å². The van der Waals surface area contributed by atoms with Crippen molar-refractivity contribution in [2.24, 2.45) is 35.3 Å². The summed E-state index contributed by atoms with van der Waals surface area (Å²) in [6.45, 7) is 16.5. The number of fused-ring (bicyclic) bond motifs is 1. The molecule has 1 aromatic carbocycles. The van der Waals surface area contributed by atoms with Crippen molar-refractivity contribution < 1.29 is 92.7 Å². The molecular formula is C63H100N14O19. The van der Waals surface area contributed by atoms with Crippen LogP contribution >= 0.6 is 0 Å². The summed E-state index contributed by atoms with van der Waals surface area (Å²) in [5.74, 6) is -16.0. The molecule has 1 aliphatic heterocycles. The summed E-state index contributed by atoms with van der Waals surface area (Å²) in [4.78, 5) is 191. The fourth-order valence-corrected chi connectivity index (χ4v) is 10.5. The van der Waals surface area contributed by atoms with Gasteiger partial charge >= 0.3 is 11.9 Å². The number of para-hydroxylation sites is 1. The molecule has 536 valence electrons. The molecule has 1 aromatic heterocycles. The smallest absolute Gasteiger partial charge is 0.326 e. The highest BCUT2D eigenvalue weighted by Crippen LogP contribution is 2.21. The number of H-pyrrole nitrogens is 1. The molecule has 19 N–H and O–H groups in total. The lowest BCUT2D eigenvalue weighted by Gasteiger charge is -2.30. The van der Waals surface area contributed by atoms with Gasteiger partial charge in [-0.1, -0.05) is 93.9 Å². The number of benzene rings is 1. The van der Waals surface area contributed by atoms with Crippen molar-refractivity contribution in [1.82, 2.24) is 68.4 Å². The first-order valence-corrected chi connectivity index (χ1v) is 32.2. The number of likely N-dealkylation sites (tertiary alicyclic amines) is 1. The number of nitrogens with two attached hydrogens (primary N) is 1. The SMILES string of the molecule is CC[C@H](C)[C@H](NC(=O)[C@@H](N)CC(=O)O)C(=O)N[C@@H](Cc1c[nH]c2ccccc12)C(=O)NCC(=O)N1CCC[C@H]1C(=O)NCC(=O)N[C@H](C(=O)N[C@@H](CC(C)C)C(=O)N[C@H](C(=O)N[C@H](C(=O)N[C@H](C(=O)N[C@@H](CO)C(=O)N[C@@H](CC(C)C)C(=O)O)C(C)C)[C@@H](C)O)C(C)C)[C@@H](C)O. The minimum atomic E-state index is -1.76. The van der Waals surface area contributed by atoms with Crippen LogP contribution in [0.2, 0.25) is 0 Å². The Morgan fingerprint density at radius 2 is 1.04 bits per heavy atom. The molecular weight excluding hydrogens is 1260 g/mol. The predicted molar refractivity (Wildman–Crippen MR) is 346 cm³/mol. The van der Waals surface area contributed by atoms with Gasteiger partial charge in [-0.25, -0.2) is 4.79 Å². The number of aliphatic carboxylic acids is 2. The lowest BCUT2D eigenvalue weighted by molar-refractivity contribution is -0.143. The standard InChI is InChI=1S/C63H100N14O19/c1-13-33(10)50(75-53(85)38(64)24-47(83)84)60(92)69-41(23-36-25-65-39-18-15-14-17-37(36)39)54(86)67-27-46(82)77-20-16-19-44(77)57(89)66-26-45(81)72-51(34(11)79)61(93)68-40(21-29(2)3)55(87)73-49(32(8)9)59(91)76-52(35(12)80)62(94)74-48(31(6)7)58(90)71-43(28-78)56(88)70-42(63(95)96)22-30(4)5/h14-15,17-18,25,29-35,38,40-44,48-52,65,78-80H,13,16,19-24,26-28,64H2,1-12H3,(H,66,89)(H,67,86)(H,68,93)(H,69,92)(H,70,88)(H,71,90)(H,72,81)(H,73,87)(H,74,94)(H,75,85)(H,76,91)(H,83,84)(H,95,96)/t33-,34+,35+,38-,40-,41-,42-,43-,44-,48-,49-,50-,51-,52-/m0/s1. The van der Waals surface area contributed by atoms with Crippen LogP contribution in [-0.2, 0) is 73.5 Å². The van der Waals surface area contributed by atoms with Gasteiger partial charge in [0.05, 0.1) is 44.4 Å². The minimum Gasteiger partial charge on any atom is -0.481 e. The third kappa shape index (κ3) is 25.1. The summed E-state index contributed by atoms with van der Waals surface area (Å²) >= 11 is 0. The van der Waals surface area contributed by atoms with Gasteiger partial charge in [-0.05, 0) is 80.8 Å². The Bertz CT molecular complexity index is 3060. The zero-order chi connectivity index (χ0) is 72.6. The van der Waals surface area contributed by atoms with Gasteiger partial charge < -0.3 is 99.6 Å². The van der Waals surface area contributed by atoms with Crippen LogP contribution in [0.15, 0.2) is 30.5 Å². The summed E-state index contributed by atoms with van der Waals surface area (Å²) in [7, 11) is 0. The van der Waals surface area contributed by atoms with Crippen LogP contribution < -0.4 is 64.2 Å². The van der Waals surface area contributed by atoms with Crippen molar-refractivity contribution in [2.75, 3.05) is 26.2 Å². The molecule has 1 aliphatic rings. The van der Waals surface area contributed by atoms with E-state index in [-0.39, 0.29) is 44.1 Å². The van der Waals surface area contributed by atoms with E-state index in [9.17, 15) is 92.7 Å². The summed E-state index contributed by atoms with van der Waals surface area (Å²) in [6, 6.07) is -8.77. The van der Waals surface area contributed by atoms with Crippen LogP contribution in [0.5, 0.6) is 0 Å². The number of amides is 12. The molecule has 0 spiro atoms. The number of aliphatic hydroxyl groups is 3. The monoisotopic (exact) mass is 1360 g/mol. The zero-order valence-electron chi connectivity index (χ0n) is 56.5. The average molecular weight is 1360 g/mol. The van der Waals surface area contributed by atoms with Crippen molar-refractivity contribution in [2.45, 2.75) is 207 Å². The highest BCUT2D eigenvalue weighted by molar-refractivity contribution is 6.00. The zero-order valence-corrected chi connectivity index (χ0v) is 56.5. The van der Waals surface area contributed by atoms with E-state index in [1.54, 1.807) is 85.9 Å². The van der Waals surface area contributed by atoms with E-state index >= 15 is 0 Å². The molecule has 14 atom stereocenters. The molecule has 33 heteroatoms. The number of hydrogen-bond donors (Lipinski definition) is 18. The van der Waals surface area contributed by atoms with E-state index < -0.39 is 205 Å². The molecule has 2 aromatic rings. The fourth-order valence-electron chi connectivity index (χ4n) is 10.5. The van der Waals surface area contributed by atoms with Gasteiger partial charge in [-0.15, -0.1) is 0 Å². The quantitative estimate of drug-likeness (QED) is 0.0307. The first-order chi connectivity index (χ1) is 44.9. The van der Waals surface area contributed by atoms with Crippen LogP contribution in [0.25, 0.3) is 10.9 Å². The molecule has 3 rings (SSSR count). The summed E-state index contributed by atoms with van der Waals surface area (Å²) in [5, 5.41) is 78.0. The van der Waals surface area contributed by atoms with Crippen molar-refractivity contribution in [3.05, 3.63) is 36.0 Å². The van der Waals surface area contributed by atoms with E-state index in [0.29, 0.717) is 18.4 Å². The van der Waals surface area contributed by atoms with Gasteiger partial charge in [0, 0.05) is 30.1 Å². The fraction of sp³-hybridized carbons (Fsp3) is 0.651. The Labute approximate surface area is 557 Å². The van der Waals surface area contributed by atoms with Crippen molar-refractivity contribution in [3.8, 4) is 0 Å². The molecule has 0 bridgehead atoms. The van der Waals surface area contributed by atoms with Gasteiger partial charge in [0.1, 0.15) is 60.4 Å². The van der Waals surface area contributed by atoms with Gasteiger partial charge in [-0.3, -0.25) is 62.3 Å². The number of nitrogens with one attached hydrogen (secondary N) is 12. The van der Waals surface area contributed by atoms with Crippen LogP contribution in [0, 0.1) is 29.6 Å². The number of nitrogens with zero attached hydrogens (tertiary/aromatic N) is 1. The maximum atomic E-state index is 14.1. The lowest BCUT2D eigenvalue weighted by atomic mass is 9.96. The second kappa shape index (κ2) is 38.7. The third-order valence-electron chi connectivity index (χ3n) is 16.1. The highest BCUT2D eigenvalue weighted by atomic mass is 16.4. The van der Waals surface area contributed by atoms with Crippen molar-refractivity contribution >= 4 is 93.7 Å². The molecule has 33 nitrogen and oxygen atoms in total. The molecule has 96 heavy (non-hydrogen) atoms. The maximum absolute atomic E-state index is 14.1. The Hall–Kier alpha value is -8.82. The molecule has 1 saturated heterocycles. The molecule has 0 unspecified atom stereocenters. The molecule has 0 aliphatic carbocycles. The van der Waals surface area contributed by atoms with E-state index in [4.69, 9.17) is 5.73 Å². The predicted octanol–water partition coefficient (Wildman–Crippen LogP) is -3.61. The van der Waals surface area contributed by atoms with Crippen molar-refractivity contribution in [1.29, 1.82) is 0 Å². The first-order valence-electron chi connectivity index (χ1n) is 32.2. The summed E-state index contributed by atoms with van der Waals surface area (Å²) in [6.07, 6.45) is -1.50. The number of rotatable bonds is 39. The Morgan fingerprint density at radius 1 is 0.562 bits per heavy atom. The van der Waals surface area contributed by atoms with Gasteiger partial charge in [0.15, 0.2) is 0 Å². The summed E-state index contributed by atoms with van der Waals surface area (Å²) < 4.78 is 0. The van der Waals surface area contributed by atoms with E-state index in [1.165, 1.54) is 32.6 Å². The highest BCUT2D eigenvalue weighted by Gasteiger charge is 2.40. The van der Waals surface area contributed by atoms with Gasteiger partial charge in [0.2, 0.25) is 70.9 Å². The first kappa shape index (κ1) is 81.4. The number of carbonyl (C=O) groups is 14. The molecule has 1 fully saturated rings. The number of carboxylic acids is 2. The number of carboxylic acid groups (broad SMARTS) is 2. The van der Waals surface area contributed by atoms with Crippen LogP contribution in [0.4, 0.5) is 0 Å². The van der Waals surface area contributed by atoms with E-state index in [1.807, 2.05) is 0 Å². The molecule has 12 amide bonds. The van der Waals surface area contributed by atoms with Crippen LogP contribution in [0.1, 0.15) is 127 Å². The average Bonchev–Trinajstić information content (AvgIpc) is 1.61. The van der Waals surface area contributed by atoms with E-state index in [2.05, 4.69) is 63.5 Å². The second-order valence-corrected chi connectivity index (χ2v) is 25.8. The Balaban J connectivity index is 1.70. The number of aromatic nitrogens is 1. The Morgan fingerprint density at radius 3 is 1.59 bits per heavy atom. The normalized spacial score (nSPS) is 17.1. The van der Waals surface area contributed by atoms with Gasteiger partial charge in [0.25, 0.3) is 0 Å². The van der Waals surface area contributed by atoms with E-state index in [0.717, 1.165) is 10.9 Å².